The fourth-order valence-electron chi connectivity index (χ4n) is 5.60. The van der Waals surface area contributed by atoms with E-state index in [1.165, 1.54) is 87.2 Å². The van der Waals surface area contributed by atoms with Crippen LogP contribution in [-0.4, -0.2) is 70.7 Å². The zero-order chi connectivity index (χ0) is 18.5. The summed E-state index contributed by atoms with van der Waals surface area (Å²) in [6.07, 6.45) is 9.60. The summed E-state index contributed by atoms with van der Waals surface area (Å²) in [4.78, 5) is 13.1. The number of piperazine rings is 1. The molecule has 0 unspecified atom stereocenters. The molecule has 1 aromatic carbocycles. The van der Waals surface area contributed by atoms with E-state index in [1.807, 2.05) is 0 Å². The first-order valence-electron chi connectivity index (χ1n) is 11.6. The van der Waals surface area contributed by atoms with Crippen molar-refractivity contribution in [2.45, 2.75) is 63.6 Å². The average Bonchev–Trinajstić information content (AvgIpc) is 2.86. The molecule has 0 bridgehead atoms. The first kappa shape index (κ1) is 17.3. The third kappa shape index (κ3) is 2.94. The third-order valence-electron chi connectivity index (χ3n) is 7.91. The highest BCUT2D eigenvalue weighted by atomic mass is 15.3. The first-order chi connectivity index (χ1) is 13.8. The van der Waals surface area contributed by atoms with Crippen molar-refractivity contribution in [2.24, 2.45) is 0 Å². The van der Waals surface area contributed by atoms with Crippen LogP contribution >= 0.6 is 0 Å². The largest absolute Gasteiger partial charge is 0.369 e. The SMILES string of the molecule is c1cc2c(cc1N1CCN(C3CCC3)CC1)nc1n2CCN(C2CCC2)CC1. The van der Waals surface area contributed by atoms with Gasteiger partial charge in [-0.05, 0) is 43.9 Å². The van der Waals surface area contributed by atoms with E-state index in [-0.39, 0.29) is 0 Å². The molecule has 5 nitrogen and oxygen atoms in total. The van der Waals surface area contributed by atoms with Crippen LogP contribution in [0.2, 0.25) is 0 Å². The molecule has 0 amide bonds. The Labute approximate surface area is 168 Å². The molecule has 3 heterocycles. The van der Waals surface area contributed by atoms with Crippen molar-refractivity contribution in [3.63, 3.8) is 0 Å². The Morgan fingerprint density at radius 1 is 0.750 bits per heavy atom. The van der Waals surface area contributed by atoms with Crippen LogP contribution in [-0.2, 0) is 13.0 Å². The molecule has 1 aromatic heterocycles. The van der Waals surface area contributed by atoms with Crippen molar-refractivity contribution in [2.75, 3.05) is 44.2 Å². The van der Waals surface area contributed by atoms with Gasteiger partial charge in [-0.3, -0.25) is 9.80 Å². The molecule has 150 valence electrons. The van der Waals surface area contributed by atoms with Gasteiger partial charge in [0.1, 0.15) is 5.82 Å². The molecule has 2 saturated carbocycles. The lowest BCUT2D eigenvalue weighted by Gasteiger charge is -2.43. The predicted molar refractivity (Wildman–Crippen MR) is 114 cm³/mol. The van der Waals surface area contributed by atoms with E-state index in [4.69, 9.17) is 4.98 Å². The fraction of sp³-hybridized carbons (Fsp3) is 0.696. The monoisotopic (exact) mass is 379 g/mol. The summed E-state index contributed by atoms with van der Waals surface area (Å²) in [5.74, 6) is 1.30. The van der Waals surface area contributed by atoms with E-state index in [1.54, 1.807) is 0 Å². The molecular weight excluding hydrogens is 346 g/mol. The third-order valence-corrected chi connectivity index (χ3v) is 7.91. The average molecular weight is 380 g/mol. The molecule has 0 spiro atoms. The Morgan fingerprint density at radius 3 is 2.11 bits per heavy atom. The maximum Gasteiger partial charge on any atom is 0.111 e. The van der Waals surface area contributed by atoms with Gasteiger partial charge in [0.2, 0.25) is 0 Å². The van der Waals surface area contributed by atoms with Gasteiger partial charge in [0.05, 0.1) is 11.0 Å². The molecule has 28 heavy (non-hydrogen) atoms. The van der Waals surface area contributed by atoms with E-state index in [0.717, 1.165) is 38.1 Å². The van der Waals surface area contributed by atoms with Crippen molar-refractivity contribution in [3.05, 3.63) is 24.0 Å². The number of aromatic nitrogens is 2. The van der Waals surface area contributed by atoms with E-state index in [0.29, 0.717) is 0 Å². The number of rotatable bonds is 3. The van der Waals surface area contributed by atoms with Crippen molar-refractivity contribution < 1.29 is 0 Å². The van der Waals surface area contributed by atoms with Crippen LogP contribution in [0.25, 0.3) is 11.0 Å². The van der Waals surface area contributed by atoms with Crippen LogP contribution in [0.5, 0.6) is 0 Å². The summed E-state index contributed by atoms with van der Waals surface area (Å²) >= 11 is 0. The molecule has 0 atom stereocenters. The van der Waals surface area contributed by atoms with E-state index in [2.05, 4.69) is 37.5 Å². The second-order valence-electron chi connectivity index (χ2n) is 9.33. The van der Waals surface area contributed by atoms with Crippen molar-refractivity contribution in [1.82, 2.24) is 19.4 Å². The Kier molecular flexibility index (Phi) is 4.34. The number of fused-ring (bicyclic) bond motifs is 3. The van der Waals surface area contributed by atoms with Gasteiger partial charge in [0, 0.05) is 70.0 Å². The van der Waals surface area contributed by atoms with E-state index < -0.39 is 0 Å². The zero-order valence-corrected chi connectivity index (χ0v) is 17.0. The van der Waals surface area contributed by atoms with E-state index in [9.17, 15) is 0 Å². The number of benzene rings is 1. The molecule has 1 saturated heterocycles. The molecular formula is C23H33N5. The van der Waals surface area contributed by atoms with Gasteiger partial charge < -0.3 is 9.47 Å². The smallest absolute Gasteiger partial charge is 0.111 e. The lowest BCUT2D eigenvalue weighted by Crippen LogP contribution is -2.52. The molecule has 2 aliphatic heterocycles. The maximum absolute atomic E-state index is 5.07. The summed E-state index contributed by atoms with van der Waals surface area (Å²) in [5.41, 5.74) is 3.90. The summed E-state index contributed by atoms with van der Waals surface area (Å²) in [6.45, 7) is 8.23. The van der Waals surface area contributed by atoms with Crippen LogP contribution < -0.4 is 4.90 Å². The Morgan fingerprint density at radius 2 is 1.43 bits per heavy atom. The lowest BCUT2D eigenvalue weighted by molar-refractivity contribution is 0.120. The number of anilines is 1. The standard InChI is InChI=1S/C23H33N5/c1-3-18(4-1)25-10-9-23-24-21-17-20(7-8-22(21)28(23)16-15-25)27-13-11-26(12-14-27)19-5-2-6-19/h7-8,17-19H,1-6,9-16H2. The van der Waals surface area contributed by atoms with Crippen molar-refractivity contribution in [1.29, 1.82) is 0 Å². The van der Waals surface area contributed by atoms with Gasteiger partial charge in [-0.25, -0.2) is 4.98 Å². The Hall–Kier alpha value is -1.59. The highest BCUT2D eigenvalue weighted by molar-refractivity contribution is 5.80. The van der Waals surface area contributed by atoms with Gasteiger partial charge in [0.15, 0.2) is 0 Å². The molecule has 5 heteroatoms. The van der Waals surface area contributed by atoms with E-state index >= 15 is 0 Å². The van der Waals surface area contributed by atoms with Crippen LogP contribution in [0, 0.1) is 0 Å². The number of hydrogen-bond acceptors (Lipinski definition) is 4. The predicted octanol–water partition coefficient (Wildman–Crippen LogP) is 3.12. The molecule has 2 aliphatic carbocycles. The lowest BCUT2D eigenvalue weighted by atomic mass is 9.91. The highest BCUT2D eigenvalue weighted by Crippen LogP contribution is 2.30. The van der Waals surface area contributed by atoms with Crippen molar-refractivity contribution >= 4 is 16.7 Å². The summed E-state index contributed by atoms with van der Waals surface area (Å²) in [7, 11) is 0. The maximum atomic E-state index is 5.07. The van der Waals surface area contributed by atoms with Gasteiger partial charge in [-0.15, -0.1) is 0 Å². The summed E-state index contributed by atoms with van der Waals surface area (Å²) in [6, 6.07) is 8.75. The van der Waals surface area contributed by atoms with Crippen LogP contribution in [0.15, 0.2) is 18.2 Å². The fourth-order valence-corrected chi connectivity index (χ4v) is 5.60. The highest BCUT2D eigenvalue weighted by Gasteiger charge is 2.29. The normalized spacial score (nSPS) is 25.4. The van der Waals surface area contributed by atoms with Crippen molar-refractivity contribution in [3.8, 4) is 0 Å². The van der Waals surface area contributed by atoms with Crippen LogP contribution in [0.3, 0.4) is 0 Å². The van der Waals surface area contributed by atoms with Gasteiger partial charge in [-0.1, -0.05) is 12.8 Å². The van der Waals surface area contributed by atoms with Crippen LogP contribution in [0.4, 0.5) is 5.69 Å². The topological polar surface area (TPSA) is 27.5 Å². The quantitative estimate of drug-likeness (QED) is 0.819. The first-order valence-corrected chi connectivity index (χ1v) is 11.6. The summed E-state index contributed by atoms with van der Waals surface area (Å²) in [5, 5.41) is 0. The minimum absolute atomic E-state index is 0.848. The number of hydrogen-bond donors (Lipinski definition) is 0. The molecule has 4 aliphatic rings. The van der Waals surface area contributed by atoms with Gasteiger partial charge >= 0.3 is 0 Å². The molecule has 3 fully saturated rings. The Bertz CT molecular complexity index is 842. The molecule has 6 rings (SSSR count). The minimum atomic E-state index is 0.848. The second kappa shape index (κ2) is 7.03. The Balaban J connectivity index is 1.18. The number of imidazole rings is 1. The van der Waals surface area contributed by atoms with Gasteiger partial charge in [0.25, 0.3) is 0 Å². The number of nitrogens with zero attached hydrogens (tertiary/aromatic N) is 5. The van der Waals surface area contributed by atoms with Gasteiger partial charge in [-0.2, -0.15) is 0 Å². The molecule has 0 N–H and O–H groups in total. The summed E-state index contributed by atoms with van der Waals surface area (Å²) < 4.78 is 2.49. The minimum Gasteiger partial charge on any atom is -0.369 e. The molecule has 2 aromatic rings. The molecule has 0 radical (unpaired) electrons. The zero-order valence-electron chi connectivity index (χ0n) is 17.0. The van der Waals surface area contributed by atoms with Crippen LogP contribution in [0.1, 0.15) is 44.3 Å². The second-order valence-corrected chi connectivity index (χ2v) is 9.33.